The standard InChI is InChI=1S/C31H32F2N4O4/c1-36-26-16-21(4-5-23(26)18-34-36)20-6-9-24(10-7-20)31(32,33)30(39)35-25(19-37-12-2-3-13-37)29(38)22-8-11-27-28(17-22)41-15-14-40-27/h4-11,16-18,25,29,38H,2-3,12-15,19H2,1H3,(H,35,39)/t25-,29-/m1/s1. The lowest BCUT2D eigenvalue weighted by molar-refractivity contribution is -0.149. The van der Waals surface area contributed by atoms with Crippen molar-refractivity contribution in [3.05, 3.63) is 78.0 Å². The summed E-state index contributed by atoms with van der Waals surface area (Å²) in [5.74, 6) is -4.22. The number of likely N-dealkylation sites (tertiary alicyclic amines) is 1. The van der Waals surface area contributed by atoms with Gasteiger partial charge in [-0.1, -0.05) is 42.5 Å². The number of aromatic nitrogens is 2. The number of benzene rings is 3. The topological polar surface area (TPSA) is 88.9 Å². The van der Waals surface area contributed by atoms with E-state index in [1.165, 1.54) is 12.1 Å². The molecule has 41 heavy (non-hydrogen) atoms. The van der Waals surface area contributed by atoms with Crippen molar-refractivity contribution in [1.29, 1.82) is 0 Å². The third kappa shape index (κ3) is 5.49. The van der Waals surface area contributed by atoms with E-state index in [0.717, 1.165) is 48.0 Å². The summed E-state index contributed by atoms with van der Waals surface area (Å²) < 4.78 is 44.0. The highest BCUT2D eigenvalue weighted by molar-refractivity contribution is 5.86. The second-order valence-electron chi connectivity index (χ2n) is 10.6. The molecule has 0 spiro atoms. The van der Waals surface area contributed by atoms with Crippen molar-refractivity contribution in [2.24, 2.45) is 7.05 Å². The number of rotatable bonds is 8. The Balaban J connectivity index is 1.21. The molecular weight excluding hydrogens is 530 g/mol. The number of hydrogen-bond acceptors (Lipinski definition) is 6. The van der Waals surface area contributed by atoms with Crippen molar-refractivity contribution in [3.63, 3.8) is 0 Å². The van der Waals surface area contributed by atoms with Gasteiger partial charge in [0.15, 0.2) is 11.5 Å². The molecule has 8 nitrogen and oxygen atoms in total. The smallest absolute Gasteiger partial charge is 0.349 e. The molecule has 2 aliphatic heterocycles. The summed E-state index contributed by atoms with van der Waals surface area (Å²) in [5.41, 5.74) is 2.56. The van der Waals surface area contributed by atoms with Crippen molar-refractivity contribution in [3.8, 4) is 22.6 Å². The van der Waals surface area contributed by atoms with Crippen molar-refractivity contribution in [2.75, 3.05) is 32.8 Å². The van der Waals surface area contributed by atoms with Crippen LogP contribution in [0.4, 0.5) is 8.78 Å². The number of amides is 1. The lowest BCUT2D eigenvalue weighted by Gasteiger charge is -2.30. The summed E-state index contributed by atoms with van der Waals surface area (Å²) in [6.07, 6.45) is 2.51. The molecule has 2 atom stereocenters. The predicted octanol–water partition coefficient (Wildman–Crippen LogP) is 4.42. The van der Waals surface area contributed by atoms with Gasteiger partial charge in [-0.25, -0.2) is 0 Å². The molecule has 4 aromatic rings. The van der Waals surface area contributed by atoms with Crippen LogP contribution in [0.15, 0.2) is 66.9 Å². The Morgan fingerprint density at radius 2 is 1.71 bits per heavy atom. The number of nitrogens with zero attached hydrogens (tertiary/aromatic N) is 3. The van der Waals surface area contributed by atoms with Crippen LogP contribution >= 0.6 is 0 Å². The Hall–Kier alpha value is -4.02. The van der Waals surface area contributed by atoms with Gasteiger partial charge in [0, 0.05) is 24.5 Å². The minimum absolute atomic E-state index is 0.243. The molecule has 0 unspecified atom stereocenters. The van der Waals surface area contributed by atoms with E-state index >= 15 is 8.78 Å². The Kier molecular flexibility index (Phi) is 7.35. The monoisotopic (exact) mass is 562 g/mol. The van der Waals surface area contributed by atoms with Crippen LogP contribution in [-0.4, -0.2) is 64.6 Å². The van der Waals surface area contributed by atoms with Gasteiger partial charge in [-0.15, -0.1) is 0 Å². The maximum atomic E-state index is 15.5. The SMILES string of the molecule is Cn1ncc2ccc(-c3ccc(C(F)(F)C(=O)N[C@H](CN4CCCC4)[C@H](O)c4ccc5c(c4)OCCO5)cc3)cc21. The van der Waals surface area contributed by atoms with E-state index in [2.05, 4.69) is 15.3 Å². The number of hydrogen-bond donors (Lipinski definition) is 2. The van der Waals surface area contributed by atoms with Gasteiger partial charge in [0.1, 0.15) is 19.3 Å². The normalized spacial score (nSPS) is 17.0. The van der Waals surface area contributed by atoms with Crippen LogP contribution in [0.25, 0.3) is 22.0 Å². The first-order valence-corrected chi connectivity index (χ1v) is 13.8. The molecule has 1 aromatic heterocycles. The summed E-state index contributed by atoms with van der Waals surface area (Å²) in [5, 5.41) is 19.0. The molecule has 10 heteroatoms. The highest BCUT2D eigenvalue weighted by Gasteiger charge is 2.43. The number of ether oxygens (including phenoxy) is 2. The fraction of sp³-hybridized carbons (Fsp3) is 0.355. The molecule has 1 saturated heterocycles. The fourth-order valence-electron chi connectivity index (χ4n) is 5.53. The van der Waals surface area contributed by atoms with Gasteiger partial charge in [0.05, 0.1) is 17.8 Å². The van der Waals surface area contributed by atoms with Crippen molar-refractivity contribution in [1.82, 2.24) is 20.0 Å². The number of aliphatic hydroxyl groups is 1. The molecule has 2 aliphatic rings. The van der Waals surface area contributed by atoms with E-state index in [1.54, 1.807) is 41.2 Å². The summed E-state index contributed by atoms with van der Waals surface area (Å²) in [6.45, 7) is 2.61. The minimum atomic E-state index is -3.81. The van der Waals surface area contributed by atoms with E-state index in [-0.39, 0.29) is 6.54 Å². The van der Waals surface area contributed by atoms with Crippen LogP contribution in [0.2, 0.25) is 0 Å². The van der Waals surface area contributed by atoms with E-state index in [9.17, 15) is 9.90 Å². The highest BCUT2D eigenvalue weighted by atomic mass is 19.3. The van der Waals surface area contributed by atoms with Crippen molar-refractivity contribution >= 4 is 16.8 Å². The van der Waals surface area contributed by atoms with Gasteiger partial charge >= 0.3 is 5.92 Å². The Bertz CT molecular complexity index is 1550. The number of fused-ring (bicyclic) bond motifs is 2. The second kappa shape index (κ2) is 11.1. The maximum Gasteiger partial charge on any atom is 0.349 e. The van der Waals surface area contributed by atoms with Gasteiger partial charge in [-0.05, 0) is 60.8 Å². The van der Waals surface area contributed by atoms with Gasteiger partial charge in [-0.3, -0.25) is 9.48 Å². The molecule has 3 aromatic carbocycles. The third-order valence-corrected chi connectivity index (χ3v) is 7.87. The first-order valence-electron chi connectivity index (χ1n) is 13.8. The average Bonchev–Trinajstić information content (AvgIpc) is 3.65. The quantitative estimate of drug-likeness (QED) is 0.331. The molecule has 214 valence electrons. The zero-order chi connectivity index (χ0) is 28.6. The number of aryl methyl sites for hydroxylation is 1. The second-order valence-corrected chi connectivity index (χ2v) is 10.6. The average molecular weight is 563 g/mol. The lowest BCUT2D eigenvalue weighted by atomic mass is 9.98. The largest absolute Gasteiger partial charge is 0.486 e. The summed E-state index contributed by atoms with van der Waals surface area (Å²) in [6, 6.07) is 15.5. The Labute approximate surface area is 236 Å². The van der Waals surface area contributed by atoms with Crippen LogP contribution in [-0.2, 0) is 17.8 Å². The number of aliphatic hydroxyl groups excluding tert-OH is 1. The first-order chi connectivity index (χ1) is 19.8. The van der Waals surface area contributed by atoms with Gasteiger partial charge in [0.2, 0.25) is 0 Å². The summed E-state index contributed by atoms with van der Waals surface area (Å²) >= 11 is 0. The number of halogens is 2. The Morgan fingerprint density at radius 3 is 2.46 bits per heavy atom. The molecule has 0 aliphatic carbocycles. The molecule has 6 rings (SSSR count). The maximum absolute atomic E-state index is 15.5. The zero-order valence-electron chi connectivity index (χ0n) is 22.7. The molecule has 0 saturated carbocycles. The van der Waals surface area contributed by atoms with Gasteiger partial charge in [-0.2, -0.15) is 13.9 Å². The van der Waals surface area contributed by atoms with E-state index in [4.69, 9.17) is 9.47 Å². The Morgan fingerprint density at radius 1 is 1.00 bits per heavy atom. The molecule has 3 heterocycles. The number of carbonyl (C=O) groups excluding carboxylic acids is 1. The number of nitrogens with one attached hydrogen (secondary N) is 1. The van der Waals surface area contributed by atoms with Crippen molar-refractivity contribution in [2.45, 2.75) is 30.9 Å². The van der Waals surface area contributed by atoms with Gasteiger partial charge < -0.3 is 24.8 Å². The van der Waals surface area contributed by atoms with E-state index < -0.39 is 29.5 Å². The van der Waals surface area contributed by atoms with Crippen LogP contribution in [0.1, 0.15) is 30.1 Å². The zero-order valence-corrected chi connectivity index (χ0v) is 22.7. The summed E-state index contributed by atoms with van der Waals surface area (Å²) in [7, 11) is 1.84. The molecular formula is C31H32F2N4O4. The van der Waals surface area contributed by atoms with E-state index in [0.29, 0.717) is 30.3 Å². The van der Waals surface area contributed by atoms with Crippen LogP contribution in [0, 0.1) is 0 Å². The fourth-order valence-corrected chi connectivity index (χ4v) is 5.53. The van der Waals surface area contributed by atoms with Crippen molar-refractivity contribution < 1.29 is 28.2 Å². The minimum Gasteiger partial charge on any atom is -0.486 e. The molecule has 0 bridgehead atoms. The molecule has 1 amide bonds. The van der Waals surface area contributed by atoms with E-state index in [1.807, 2.05) is 25.2 Å². The molecule has 0 radical (unpaired) electrons. The third-order valence-electron chi connectivity index (χ3n) is 7.87. The van der Waals surface area contributed by atoms with Crippen LogP contribution in [0.5, 0.6) is 11.5 Å². The molecule has 1 fully saturated rings. The van der Waals surface area contributed by atoms with Crippen LogP contribution < -0.4 is 14.8 Å². The predicted molar refractivity (Wildman–Crippen MR) is 150 cm³/mol. The molecule has 2 N–H and O–H groups in total. The highest BCUT2D eigenvalue weighted by Crippen LogP contribution is 2.35. The summed E-state index contributed by atoms with van der Waals surface area (Å²) in [4.78, 5) is 15.1. The van der Waals surface area contributed by atoms with Gasteiger partial charge in [0.25, 0.3) is 5.91 Å². The van der Waals surface area contributed by atoms with Crippen LogP contribution in [0.3, 0.4) is 0 Å². The lowest BCUT2D eigenvalue weighted by Crippen LogP contribution is -2.50. The number of alkyl halides is 2. The number of carbonyl (C=O) groups is 1. The first kappa shape index (κ1) is 27.2.